The quantitative estimate of drug-likeness (QED) is 0.878. The summed E-state index contributed by atoms with van der Waals surface area (Å²) in [4.78, 5) is 21.8. The normalized spacial score (nSPS) is 25.8. The van der Waals surface area contributed by atoms with E-state index in [1.807, 2.05) is 4.90 Å². The molecule has 2 unspecified atom stereocenters. The Balaban J connectivity index is 1.79. The molecule has 2 saturated heterocycles. The number of amides is 1. The molecule has 1 aromatic rings. The van der Waals surface area contributed by atoms with Gasteiger partial charge < -0.3 is 21.3 Å². The molecule has 0 radical (unpaired) electrons. The van der Waals surface area contributed by atoms with Crippen LogP contribution in [0.3, 0.4) is 0 Å². The highest BCUT2D eigenvalue weighted by Crippen LogP contribution is 2.33. The van der Waals surface area contributed by atoms with Gasteiger partial charge in [0.05, 0.1) is 0 Å². The summed E-state index contributed by atoms with van der Waals surface area (Å²) in [5.74, 6) is 0.409. The van der Waals surface area contributed by atoms with E-state index >= 15 is 0 Å². The average Bonchev–Trinajstić information content (AvgIpc) is 3.16. The van der Waals surface area contributed by atoms with Crippen molar-refractivity contribution in [2.24, 2.45) is 5.73 Å². The summed E-state index contributed by atoms with van der Waals surface area (Å²) in [6, 6.07) is 0.542. The molecule has 6 nitrogen and oxygen atoms in total. The molecule has 0 bridgehead atoms. The lowest BCUT2D eigenvalue weighted by Gasteiger charge is -2.22. The fourth-order valence-corrected chi connectivity index (χ4v) is 4.20. The summed E-state index contributed by atoms with van der Waals surface area (Å²) in [5, 5.41) is 0.830. The number of rotatable bonds is 3. The molecule has 1 aromatic heterocycles. The minimum absolute atomic E-state index is 0.0455. The van der Waals surface area contributed by atoms with Gasteiger partial charge in [-0.05, 0) is 25.7 Å². The van der Waals surface area contributed by atoms with E-state index in [0.717, 1.165) is 50.4 Å². The van der Waals surface area contributed by atoms with Gasteiger partial charge in [-0.15, -0.1) is 0 Å². The monoisotopic (exact) mass is 309 g/mol. The SMILES string of the molecule is CCC1CCCN1C(=O)c1sc(N2CCC(N)C2)nc1N. The summed E-state index contributed by atoms with van der Waals surface area (Å²) in [6.45, 7) is 4.65. The Morgan fingerprint density at radius 1 is 1.43 bits per heavy atom. The molecular formula is C14H23N5OS. The van der Waals surface area contributed by atoms with Gasteiger partial charge in [0.25, 0.3) is 5.91 Å². The van der Waals surface area contributed by atoms with Crippen LogP contribution in [0.4, 0.5) is 10.9 Å². The predicted molar refractivity (Wildman–Crippen MR) is 85.7 cm³/mol. The Morgan fingerprint density at radius 2 is 2.24 bits per heavy atom. The number of anilines is 2. The molecular weight excluding hydrogens is 286 g/mol. The summed E-state index contributed by atoms with van der Waals surface area (Å²) in [7, 11) is 0. The first-order chi connectivity index (χ1) is 10.1. The van der Waals surface area contributed by atoms with E-state index in [-0.39, 0.29) is 11.9 Å². The van der Waals surface area contributed by atoms with Crippen LogP contribution in [0.2, 0.25) is 0 Å². The third-order valence-corrected chi connectivity index (χ3v) is 5.56. The molecule has 2 fully saturated rings. The van der Waals surface area contributed by atoms with Gasteiger partial charge in [0.1, 0.15) is 10.7 Å². The predicted octanol–water partition coefficient (Wildman–Crippen LogP) is 1.28. The number of nitrogens with two attached hydrogens (primary N) is 2. The standard InChI is InChI=1S/C14H23N5OS/c1-2-10-4-3-6-19(10)13(20)11-12(16)17-14(21-11)18-7-5-9(15)8-18/h9-10H,2-8,15-16H2,1H3. The van der Waals surface area contributed by atoms with Gasteiger partial charge in [0.15, 0.2) is 5.13 Å². The summed E-state index contributed by atoms with van der Waals surface area (Å²) < 4.78 is 0. The zero-order valence-corrected chi connectivity index (χ0v) is 13.2. The lowest BCUT2D eigenvalue weighted by Crippen LogP contribution is -2.34. The van der Waals surface area contributed by atoms with Crippen molar-refractivity contribution < 1.29 is 4.79 Å². The number of aromatic nitrogens is 1. The Labute approximate surface area is 129 Å². The molecule has 21 heavy (non-hydrogen) atoms. The maximum atomic E-state index is 12.7. The Bertz CT molecular complexity index is 531. The van der Waals surface area contributed by atoms with Gasteiger partial charge >= 0.3 is 0 Å². The fourth-order valence-electron chi connectivity index (χ4n) is 3.23. The minimum Gasteiger partial charge on any atom is -0.382 e. The van der Waals surface area contributed by atoms with Crippen molar-refractivity contribution in [2.45, 2.75) is 44.7 Å². The lowest BCUT2D eigenvalue weighted by atomic mass is 10.2. The van der Waals surface area contributed by atoms with E-state index in [1.54, 1.807) is 0 Å². The van der Waals surface area contributed by atoms with Gasteiger partial charge in [-0.25, -0.2) is 4.98 Å². The van der Waals surface area contributed by atoms with Gasteiger partial charge in [-0.2, -0.15) is 0 Å². The van der Waals surface area contributed by atoms with Crippen LogP contribution in [0, 0.1) is 0 Å². The highest BCUT2D eigenvalue weighted by atomic mass is 32.1. The van der Waals surface area contributed by atoms with Crippen molar-refractivity contribution in [2.75, 3.05) is 30.3 Å². The third kappa shape index (κ3) is 2.72. The van der Waals surface area contributed by atoms with Crippen LogP contribution in [-0.2, 0) is 0 Å². The van der Waals surface area contributed by atoms with Crippen LogP contribution in [-0.4, -0.2) is 47.5 Å². The summed E-state index contributed by atoms with van der Waals surface area (Å²) in [6.07, 6.45) is 4.14. The first kappa shape index (κ1) is 14.6. The molecule has 4 N–H and O–H groups in total. The van der Waals surface area contributed by atoms with Crippen LogP contribution in [0.1, 0.15) is 42.3 Å². The van der Waals surface area contributed by atoms with E-state index in [9.17, 15) is 4.79 Å². The second-order valence-electron chi connectivity index (χ2n) is 5.91. The molecule has 116 valence electrons. The highest BCUT2D eigenvalue weighted by Gasteiger charge is 2.32. The van der Waals surface area contributed by atoms with E-state index < -0.39 is 0 Å². The second-order valence-corrected chi connectivity index (χ2v) is 6.89. The molecule has 3 heterocycles. The van der Waals surface area contributed by atoms with Crippen LogP contribution < -0.4 is 16.4 Å². The molecule has 0 spiro atoms. The van der Waals surface area contributed by atoms with Gasteiger partial charge in [-0.1, -0.05) is 18.3 Å². The van der Waals surface area contributed by atoms with Crippen LogP contribution in [0.15, 0.2) is 0 Å². The Hall–Kier alpha value is -1.34. The van der Waals surface area contributed by atoms with Crippen LogP contribution in [0.25, 0.3) is 0 Å². The number of hydrogen-bond donors (Lipinski definition) is 2. The number of carbonyl (C=O) groups is 1. The second kappa shape index (κ2) is 5.81. The van der Waals surface area contributed by atoms with E-state index in [4.69, 9.17) is 11.5 Å². The van der Waals surface area contributed by atoms with Gasteiger partial charge in [0.2, 0.25) is 0 Å². The first-order valence-electron chi connectivity index (χ1n) is 7.68. The first-order valence-corrected chi connectivity index (χ1v) is 8.49. The van der Waals surface area contributed by atoms with Crippen molar-refractivity contribution in [1.29, 1.82) is 0 Å². The van der Waals surface area contributed by atoms with Crippen molar-refractivity contribution in [3.8, 4) is 0 Å². The average molecular weight is 309 g/mol. The maximum absolute atomic E-state index is 12.7. The fraction of sp³-hybridized carbons (Fsp3) is 0.714. The van der Waals surface area contributed by atoms with Crippen molar-refractivity contribution in [3.63, 3.8) is 0 Å². The zero-order chi connectivity index (χ0) is 15.0. The zero-order valence-electron chi connectivity index (χ0n) is 12.4. The van der Waals surface area contributed by atoms with Gasteiger partial charge in [0, 0.05) is 31.7 Å². The smallest absolute Gasteiger partial charge is 0.268 e. The molecule has 2 aliphatic heterocycles. The minimum atomic E-state index is 0.0455. The topological polar surface area (TPSA) is 88.5 Å². The summed E-state index contributed by atoms with van der Waals surface area (Å²) in [5.41, 5.74) is 11.9. The van der Waals surface area contributed by atoms with E-state index in [1.165, 1.54) is 11.3 Å². The highest BCUT2D eigenvalue weighted by molar-refractivity contribution is 7.18. The largest absolute Gasteiger partial charge is 0.382 e. The van der Waals surface area contributed by atoms with Crippen molar-refractivity contribution in [3.05, 3.63) is 4.88 Å². The molecule has 1 amide bonds. The van der Waals surface area contributed by atoms with Crippen molar-refractivity contribution in [1.82, 2.24) is 9.88 Å². The molecule has 7 heteroatoms. The number of nitrogen functional groups attached to an aromatic ring is 1. The number of thiazole rings is 1. The number of nitrogens with zero attached hydrogens (tertiary/aromatic N) is 3. The van der Waals surface area contributed by atoms with E-state index in [0.29, 0.717) is 16.7 Å². The Kier molecular flexibility index (Phi) is 4.03. The van der Waals surface area contributed by atoms with Crippen LogP contribution in [0.5, 0.6) is 0 Å². The third-order valence-electron chi connectivity index (χ3n) is 4.44. The lowest BCUT2D eigenvalue weighted by molar-refractivity contribution is 0.0739. The van der Waals surface area contributed by atoms with Crippen LogP contribution >= 0.6 is 11.3 Å². The molecule has 0 aromatic carbocycles. The van der Waals surface area contributed by atoms with Gasteiger partial charge in [-0.3, -0.25) is 4.79 Å². The van der Waals surface area contributed by atoms with E-state index in [2.05, 4.69) is 16.8 Å². The summed E-state index contributed by atoms with van der Waals surface area (Å²) >= 11 is 1.41. The molecule has 0 aliphatic carbocycles. The maximum Gasteiger partial charge on any atom is 0.268 e. The molecule has 2 aliphatic rings. The van der Waals surface area contributed by atoms with Crippen molar-refractivity contribution >= 4 is 28.2 Å². The molecule has 0 saturated carbocycles. The number of hydrogen-bond acceptors (Lipinski definition) is 6. The number of likely N-dealkylation sites (tertiary alicyclic amines) is 1. The number of carbonyl (C=O) groups excluding carboxylic acids is 1. The molecule has 3 rings (SSSR count). The Morgan fingerprint density at radius 3 is 2.90 bits per heavy atom. The molecule has 2 atom stereocenters.